The molecule has 1 atom stereocenters. The molecular formula is C14H22N4O3. The summed E-state index contributed by atoms with van der Waals surface area (Å²) in [6, 6.07) is 1.24. The second-order valence-electron chi connectivity index (χ2n) is 5.38. The van der Waals surface area contributed by atoms with Gasteiger partial charge in [-0.15, -0.1) is 0 Å². The largest absolute Gasteiger partial charge is 0.370 e. The summed E-state index contributed by atoms with van der Waals surface area (Å²) in [6.45, 7) is 8.50. The van der Waals surface area contributed by atoms with Gasteiger partial charge in [0.15, 0.2) is 0 Å². The molecule has 7 nitrogen and oxygen atoms in total. The molecule has 0 aliphatic heterocycles. The Kier molecular flexibility index (Phi) is 6.08. The molecular weight excluding hydrogens is 272 g/mol. The zero-order valence-corrected chi connectivity index (χ0v) is 12.8. The highest BCUT2D eigenvalue weighted by molar-refractivity contribution is 5.99. The van der Waals surface area contributed by atoms with Gasteiger partial charge in [0, 0.05) is 18.7 Å². The van der Waals surface area contributed by atoms with E-state index in [1.807, 2.05) is 13.8 Å². The topological polar surface area (TPSA) is 97.2 Å². The third-order valence-electron chi connectivity index (χ3n) is 2.88. The van der Waals surface area contributed by atoms with Crippen LogP contribution < -0.4 is 10.6 Å². The molecule has 2 N–H and O–H groups in total. The van der Waals surface area contributed by atoms with E-state index in [1.54, 1.807) is 0 Å². The minimum absolute atomic E-state index is 0.00811. The molecule has 1 aromatic heterocycles. The van der Waals surface area contributed by atoms with Gasteiger partial charge in [-0.1, -0.05) is 13.8 Å². The fourth-order valence-corrected chi connectivity index (χ4v) is 2.10. The number of hydrogen-bond acceptors (Lipinski definition) is 5. The lowest BCUT2D eigenvalue weighted by Crippen LogP contribution is -2.34. The molecule has 1 rings (SSSR count). The van der Waals surface area contributed by atoms with Crippen molar-refractivity contribution in [3.05, 3.63) is 27.9 Å². The van der Waals surface area contributed by atoms with Crippen LogP contribution in [0.3, 0.4) is 0 Å². The predicted octanol–water partition coefficient (Wildman–Crippen LogP) is 2.59. The molecule has 0 spiro atoms. The van der Waals surface area contributed by atoms with Gasteiger partial charge in [-0.2, -0.15) is 0 Å². The van der Waals surface area contributed by atoms with E-state index in [0.29, 0.717) is 18.3 Å². The summed E-state index contributed by atoms with van der Waals surface area (Å²) in [5.74, 6) is 0.462. The molecule has 1 unspecified atom stereocenters. The lowest BCUT2D eigenvalue weighted by atomic mass is 10.0. The van der Waals surface area contributed by atoms with Crippen molar-refractivity contribution in [2.45, 2.75) is 40.2 Å². The van der Waals surface area contributed by atoms with Crippen molar-refractivity contribution in [3.63, 3.8) is 0 Å². The van der Waals surface area contributed by atoms with Gasteiger partial charge in [0.1, 0.15) is 12.0 Å². The Labute approximate surface area is 124 Å². The number of carbonyl (C=O) groups is 1. The molecule has 0 bridgehead atoms. The zero-order valence-electron chi connectivity index (χ0n) is 12.8. The van der Waals surface area contributed by atoms with Crippen LogP contribution in [0.2, 0.25) is 0 Å². The Morgan fingerprint density at radius 1 is 1.43 bits per heavy atom. The molecule has 1 amide bonds. The van der Waals surface area contributed by atoms with Crippen LogP contribution in [-0.4, -0.2) is 28.4 Å². The van der Waals surface area contributed by atoms with Crippen LogP contribution in [0.5, 0.6) is 0 Å². The molecule has 1 aromatic rings. The van der Waals surface area contributed by atoms with Gasteiger partial charge in [0.2, 0.25) is 0 Å². The number of nitrogens with zero attached hydrogens (tertiary/aromatic N) is 2. The molecule has 0 aliphatic rings. The van der Waals surface area contributed by atoms with Crippen molar-refractivity contribution in [2.24, 2.45) is 5.92 Å². The molecule has 7 heteroatoms. The predicted molar refractivity (Wildman–Crippen MR) is 81.4 cm³/mol. The highest BCUT2D eigenvalue weighted by Gasteiger charge is 2.19. The second kappa shape index (κ2) is 7.56. The Hall–Kier alpha value is -2.18. The van der Waals surface area contributed by atoms with Crippen LogP contribution in [0.4, 0.5) is 11.5 Å². The molecule has 0 aliphatic carbocycles. The first kappa shape index (κ1) is 16.9. The number of hydrogen-bond donors (Lipinski definition) is 2. The lowest BCUT2D eigenvalue weighted by molar-refractivity contribution is -0.385. The third kappa shape index (κ3) is 5.02. The first-order valence-corrected chi connectivity index (χ1v) is 7.04. The summed E-state index contributed by atoms with van der Waals surface area (Å²) in [5, 5.41) is 16.6. The van der Waals surface area contributed by atoms with E-state index >= 15 is 0 Å². The fraction of sp³-hybridized carbons (Fsp3) is 0.571. The van der Waals surface area contributed by atoms with Gasteiger partial charge < -0.3 is 10.6 Å². The van der Waals surface area contributed by atoms with Gasteiger partial charge in [0.05, 0.1) is 10.5 Å². The normalized spacial score (nSPS) is 12.0. The Morgan fingerprint density at radius 3 is 2.62 bits per heavy atom. The highest BCUT2D eigenvalue weighted by atomic mass is 16.6. The standard InChI is InChI=1S/C14H22N4O3/c1-5-15-13-12(7-11(8-16-13)18(20)21)14(19)17-10(4)6-9(2)3/h7-10H,5-6H2,1-4H3,(H,15,16)(H,17,19). The molecule has 0 saturated carbocycles. The number of pyridine rings is 1. The number of rotatable bonds is 7. The zero-order chi connectivity index (χ0) is 16.0. The number of anilines is 1. The summed E-state index contributed by atoms with van der Waals surface area (Å²) in [7, 11) is 0. The van der Waals surface area contributed by atoms with Gasteiger partial charge in [-0.25, -0.2) is 4.98 Å². The van der Waals surface area contributed by atoms with E-state index in [4.69, 9.17) is 0 Å². The van der Waals surface area contributed by atoms with E-state index < -0.39 is 4.92 Å². The van der Waals surface area contributed by atoms with Crippen LogP contribution in [0.15, 0.2) is 12.3 Å². The van der Waals surface area contributed by atoms with E-state index in [9.17, 15) is 14.9 Å². The maximum atomic E-state index is 12.3. The van der Waals surface area contributed by atoms with Crippen molar-refractivity contribution in [3.8, 4) is 0 Å². The summed E-state index contributed by atoms with van der Waals surface area (Å²) in [4.78, 5) is 26.5. The van der Waals surface area contributed by atoms with Gasteiger partial charge >= 0.3 is 0 Å². The van der Waals surface area contributed by atoms with Gasteiger partial charge in [0.25, 0.3) is 11.6 Å². The Morgan fingerprint density at radius 2 is 2.10 bits per heavy atom. The lowest BCUT2D eigenvalue weighted by Gasteiger charge is -2.17. The number of carbonyl (C=O) groups excluding carboxylic acids is 1. The van der Waals surface area contributed by atoms with Crippen LogP contribution in [0.25, 0.3) is 0 Å². The SMILES string of the molecule is CCNc1ncc([N+](=O)[O-])cc1C(=O)NC(C)CC(C)C. The minimum Gasteiger partial charge on any atom is -0.370 e. The van der Waals surface area contributed by atoms with Crippen molar-refractivity contribution < 1.29 is 9.72 Å². The fourth-order valence-electron chi connectivity index (χ4n) is 2.10. The summed E-state index contributed by atoms with van der Waals surface area (Å²) in [5.41, 5.74) is -0.0000261. The van der Waals surface area contributed by atoms with Crippen molar-refractivity contribution in [1.29, 1.82) is 0 Å². The van der Waals surface area contributed by atoms with Crippen LogP contribution in [-0.2, 0) is 0 Å². The van der Waals surface area contributed by atoms with E-state index in [1.165, 1.54) is 6.07 Å². The summed E-state index contributed by atoms with van der Waals surface area (Å²) >= 11 is 0. The molecule has 116 valence electrons. The number of aromatic nitrogens is 1. The first-order chi connectivity index (χ1) is 9.85. The second-order valence-corrected chi connectivity index (χ2v) is 5.38. The number of nitro groups is 1. The van der Waals surface area contributed by atoms with E-state index in [-0.39, 0.29) is 23.2 Å². The molecule has 0 aromatic carbocycles. The molecule has 21 heavy (non-hydrogen) atoms. The Balaban J connectivity index is 2.99. The number of amides is 1. The quantitative estimate of drug-likeness (QED) is 0.595. The maximum Gasteiger partial charge on any atom is 0.288 e. The maximum absolute atomic E-state index is 12.3. The van der Waals surface area contributed by atoms with Crippen LogP contribution in [0.1, 0.15) is 44.5 Å². The van der Waals surface area contributed by atoms with Crippen molar-refractivity contribution >= 4 is 17.4 Å². The Bertz CT molecular complexity index is 517. The van der Waals surface area contributed by atoms with Gasteiger partial charge in [-0.3, -0.25) is 14.9 Å². The van der Waals surface area contributed by atoms with Crippen LogP contribution in [0, 0.1) is 16.0 Å². The number of nitrogens with one attached hydrogen (secondary N) is 2. The third-order valence-corrected chi connectivity index (χ3v) is 2.88. The van der Waals surface area contributed by atoms with E-state index in [2.05, 4.69) is 29.5 Å². The average molecular weight is 294 g/mol. The van der Waals surface area contributed by atoms with E-state index in [0.717, 1.165) is 12.6 Å². The molecule has 0 saturated heterocycles. The first-order valence-electron chi connectivity index (χ1n) is 7.04. The smallest absolute Gasteiger partial charge is 0.288 e. The molecule has 1 heterocycles. The van der Waals surface area contributed by atoms with Gasteiger partial charge in [-0.05, 0) is 26.2 Å². The molecule has 0 fully saturated rings. The van der Waals surface area contributed by atoms with Crippen LogP contribution >= 0.6 is 0 Å². The average Bonchev–Trinajstić information content (AvgIpc) is 2.37. The minimum atomic E-state index is -0.558. The summed E-state index contributed by atoms with van der Waals surface area (Å²) in [6.07, 6.45) is 1.98. The van der Waals surface area contributed by atoms with Crippen molar-refractivity contribution in [1.82, 2.24) is 10.3 Å². The van der Waals surface area contributed by atoms with Crippen molar-refractivity contribution in [2.75, 3.05) is 11.9 Å². The highest BCUT2D eigenvalue weighted by Crippen LogP contribution is 2.19. The summed E-state index contributed by atoms with van der Waals surface area (Å²) < 4.78 is 0. The monoisotopic (exact) mass is 294 g/mol. The molecule has 0 radical (unpaired) electrons.